The van der Waals surface area contributed by atoms with Crippen LogP contribution in [0.25, 0.3) is 11.0 Å². The van der Waals surface area contributed by atoms with Gasteiger partial charge in [-0.25, -0.2) is 9.02 Å². The number of aromatic nitrogens is 2. The van der Waals surface area contributed by atoms with Gasteiger partial charge in [-0.1, -0.05) is 24.3 Å². The highest BCUT2D eigenvalue weighted by Crippen LogP contribution is 2.34. The van der Waals surface area contributed by atoms with E-state index in [0.29, 0.717) is 0 Å². The van der Waals surface area contributed by atoms with E-state index in [0.717, 1.165) is 61.1 Å². The number of halogens is 1. The number of hydrogen-bond donors (Lipinski definition) is 1. The van der Waals surface area contributed by atoms with Gasteiger partial charge in [0.05, 0.1) is 6.61 Å². The highest BCUT2D eigenvalue weighted by atomic mass is 19.1. The van der Waals surface area contributed by atoms with Crippen molar-refractivity contribution in [3.63, 3.8) is 0 Å². The maximum atomic E-state index is 13.2. The van der Waals surface area contributed by atoms with Crippen molar-refractivity contribution in [2.75, 3.05) is 19.7 Å². The van der Waals surface area contributed by atoms with Gasteiger partial charge in [-0.05, 0) is 65.4 Å². The number of nitrogens with zero attached hydrogens (tertiary/aromatic N) is 3. The van der Waals surface area contributed by atoms with Crippen molar-refractivity contribution >= 4 is 11.0 Å². The second-order valence-corrected chi connectivity index (χ2v) is 7.32. The van der Waals surface area contributed by atoms with Crippen molar-refractivity contribution in [1.29, 1.82) is 0 Å². The lowest BCUT2D eigenvalue weighted by Gasteiger charge is -2.42. The number of hydrogen-bond acceptors (Lipinski definition) is 5. The summed E-state index contributed by atoms with van der Waals surface area (Å²) in [6.07, 6.45) is 2.73. The van der Waals surface area contributed by atoms with Crippen molar-refractivity contribution in [3.05, 3.63) is 59.4 Å². The van der Waals surface area contributed by atoms with Crippen LogP contribution in [0, 0.1) is 11.2 Å². The zero-order chi connectivity index (χ0) is 18.0. The Labute approximate surface area is 151 Å². The summed E-state index contributed by atoms with van der Waals surface area (Å²) in [5.74, 6) is -0.230. The third kappa shape index (κ3) is 3.48. The molecule has 1 unspecified atom stereocenters. The van der Waals surface area contributed by atoms with E-state index in [9.17, 15) is 9.50 Å². The molecule has 0 aliphatic carbocycles. The van der Waals surface area contributed by atoms with Gasteiger partial charge < -0.3 is 5.11 Å². The molecule has 0 bridgehead atoms. The molecule has 0 amide bonds. The molecule has 136 valence electrons. The summed E-state index contributed by atoms with van der Waals surface area (Å²) < 4.78 is 18.0. The molecular formula is C20H22FN3O2. The second-order valence-electron chi connectivity index (χ2n) is 7.32. The molecule has 1 N–H and O–H groups in total. The minimum Gasteiger partial charge on any atom is -0.396 e. The molecule has 5 nitrogen and oxygen atoms in total. The summed E-state index contributed by atoms with van der Waals surface area (Å²) in [6.45, 7) is 2.64. The van der Waals surface area contributed by atoms with E-state index in [1.165, 1.54) is 12.1 Å². The van der Waals surface area contributed by atoms with Crippen molar-refractivity contribution in [3.8, 4) is 0 Å². The van der Waals surface area contributed by atoms with Crippen molar-refractivity contribution in [2.24, 2.45) is 5.41 Å². The number of piperidine rings is 1. The smallest absolute Gasteiger partial charge is 0.139 e. The van der Waals surface area contributed by atoms with Gasteiger partial charge in [0.1, 0.15) is 16.9 Å². The molecule has 0 spiro atoms. The Bertz CT molecular complexity index is 880. The maximum Gasteiger partial charge on any atom is 0.139 e. The quantitative estimate of drug-likeness (QED) is 0.762. The molecule has 2 heterocycles. The van der Waals surface area contributed by atoms with E-state index < -0.39 is 0 Å². The first kappa shape index (κ1) is 17.1. The number of aliphatic hydroxyl groups excluding tert-OH is 1. The topological polar surface area (TPSA) is 62.4 Å². The summed E-state index contributed by atoms with van der Waals surface area (Å²) >= 11 is 0. The van der Waals surface area contributed by atoms with E-state index in [-0.39, 0.29) is 17.8 Å². The predicted octanol–water partition coefficient (Wildman–Crippen LogP) is 3.18. The molecule has 26 heavy (non-hydrogen) atoms. The van der Waals surface area contributed by atoms with Crippen LogP contribution in [0.4, 0.5) is 4.39 Å². The largest absolute Gasteiger partial charge is 0.396 e. The van der Waals surface area contributed by atoms with Gasteiger partial charge in [0.25, 0.3) is 0 Å². The van der Waals surface area contributed by atoms with Gasteiger partial charge in [0, 0.05) is 18.5 Å². The molecule has 1 fully saturated rings. The summed E-state index contributed by atoms with van der Waals surface area (Å²) in [6, 6.07) is 12.5. The average Bonchev–Trinajstić information content (AvgIpc) is 3.14. The van der Waals surface area contributed by atoms with Gasteiger partial charge in [0.15, 0.2) is 0 Å². The van der Waals surface area contributed by atoms with Gasteiger partial charge in [-0.2, -0.15) is 0 Å². The monoisotopic (exact) mass is 355 g/mol. The fraction of sp³-hybridized carbons (Fsp3) is 0.400. The van der Waals surface area contributed by atoms with E-state index >= 15 is 0 Å². The zero-order valence-corrected chi connectivity index (χ0v) is 14.6. The normalized spacial score (nSPS) is 21.3. The highest BCUT2D eigenvalue weighted by molar-refractivity contribution is 5.76. The van der Waals surface area contributed by atoms with Gasteiger partial charge in [0.2, 0.25) is 0 Å². The molecular weight excluding hydrogens is 333 g/mol. The summed E-state index contributed by atoms with van der Waals surface area (Å²) in [7, 11) is 0. The standard InChI is InChI=1S/C20H22FN3O2/c21-17-7-5-15(6-8-17)11-20(14-25)9-2-10-24(13-20)12-16-3-1-4-18-19(16)23-26-22-18/h1,3-8,25H,2,9-14H2. The van der Waals surface area contributed by atoms with Crippen LogP contribution >= 0.6 is 0 Å². The minimum absolute atomic E-state index is 0.122. The minimum atomic E-state index is -0.230. The molecule has 1 aliphatic heterocycles. The van der Waals surface area contributed by atoms with Crippen LogP contribution in [0.15, 0.2) is 47.1 Å². The average molecular weight is 355 g/mol. The Morgan fingerprint density at radius 1 is 1.15 bits per heavy atom. The molecule has 0 saturated carbocycles. The van der Waals surface area contributed by atoms with Crippen LogP contribution in [-0.2, 0) is 13.0 Å². The first-order valence-electron chi connectivity index (χ1n) is 8.95. The van der Waals surface area contributed by atoms with Gasteiger partial charge >= 0.3 is 0 Å². The maximum absolute atomic E-state index is 13.2. The van der Waals surface area contributed by atoms with Crippen molar-refractivity contribution in [1.82, 2.24) is 15.2 Å². The van der Waals surface area contributed by atoms with Gasteiger partial charge in [-0.15, -0.1) is 0 Å². The molecule has 4 rings (SSSR count). The zero-order valence-electron chi connectivity index (χ0n) is 14.6. The number of aliphatic hydroxyl groups is 1. The van der Waals surface area contributed by atoms with Crippen LogP contribution < -0.4 is 0 Å². The number of fused-ring (bicyclic) bond motifs is 1. The van der Waals surface area contributed by atoms with E-state index in [2.05, 4.69) is 15.2 Å². The van der Waals surface area contributed by atoms with Crippen LogP contribution in [0.2, 0.25) is 0 Å². The SMILES string of the molecule is OCC1(Cc2ccc(F)cc2)CCCN(Cc2cccc3nonc23)C1. The fourth-order valence-corrected chi connectivity index (χ4v) is 4.04. The molecule has 2 aromatic carbocycles. The Hall–Kier alpha value is -2.31. The van der Waals surface area contributed by atoms with E-state index in [4.69, 9.17) is 4.63 Å². The first-order valence-corrected chi connectivity index (χ1v) is 8.95. The second kappa shape index (κ2) is 7.13. The fourth-order valence-electron chi connectivity index (χ4n) is 4.04. The summed E-state index contributed by atoms with van der Waals surface area (Å²) in [5, 5.41) is 18.1. The van der Waals surface area contributed by atoms with Crippen molar-refractivity contribution < 1.29 is 14.1 Å². The molecule has 6 heteroatoms. The molecule has 1 aliphatic rings. The van der Waals surface area contributed by atoms with Crippen LogP contribution in [0.3, 0.4) is 0 Å². The van der Waals surface area contributed by atoms with Gasteiger partial charge in [-0.3, -0.25) is 4.90 Å². The highest BCUT2D eigenvalue weighted by Gasteiger charge is 2.35. The number of likely N-dealkylation sites (tertiary alicyclic amines) is 1. The van der Waals surface area contributed by atoms with E-state index in [1.807, 2.05) is 30.3 Å². The Kier molecular flexibility index (Phi) is 4.70. The lowest BCUT2D eigenvalue weighted by atomic mass is 9.75. The predicted molar refractivity (Wildman–Crippen MR) is 95.9 cm³/mol. The lowest BCUT2D eigenvalue weighted by Crippen LogP contribution is -2.46. The molecule has 1 atom stereocenters. The third-order valence-electron chi connectivity index (χ3n) is 5.33. The van der Waals surface area contributed by atoms with Crippen molar-refractivity contribution in [2.45, 2.75) is 25.8 Å². The van der Waals surface area contributed by atoms with Crippen LogP contribution in [0.1, 0.15) is 24.0 Å². The molecule has 3 aromatic rings. The number of benzene rings is 2. The Morgan fingerprint density at radius 3 is 2.81 bits per heavy atom. The van der Waals surface area contributed by atoms with Crippen LogP contribution in [0.5, 0.6) is 0 Å². The Balaban J connectivity index is 1.51. The number of rotatable bonds is 5. The molecule has 0 radical (unpaired) electrons. The Morgan fingerprint density at radius 2 is 2.00 bits per heavy atom. The summed E-state index contributed by atoms with van der Waals surface area (Å²) in [4.78, 5) is 2.35. The van der Waals surface area contributed by atoms with Crippen LogP contribution in [-0.4, -0.2) is 40.0 Å². The lowest BCUT2D eigenvalue weighted by molar-refractivity contribution is 0.0290. The van der Waals surface area contributed by atoms with E-state index in [1.54, 1.807) is 0 Å². The summed E-state index contributed by atoms with van der Waals surface area (Å²) in [5.41, 5.74) is 3.50. The third-order valence-corrected chi connectivity index (χ3v) is 5.33. The molecule has 1 saturated heterocycles. The molecule has 1 aromatic heterocycles. The first-order chi connectivity index (χ1) is 12.7.